The number of hydrogen-bond donors (Lipinski definition) is 0. The number of carbonyl (C=O) groups excluding carboxylic acids is 2. The summed E-state index contributed by atoms with van der Waals surface area (Å²) in [6.45, 7) is 4.49. The second kappa shape index (κ2) is 8.38. The highest BCUT2D eigenvalue weighted by Crippen LogP contribution is 2.19. The highest BCUT2D eigenvalue weighted by molar-refractivity contribution is 5.93. The Morgan fingerprint density at radius 2 is 1.81 bits per heavy atom. The predicted octanol–water partition coefficient (Wildman–Crippen LogP) is 2.68. The number of hydrogen-bond acceptors (Lipinski definition) is 4. The van der Waals surface area contributed by atoms with Crippen molar-refractivity contribution in [2.75, 3.05) is 32.8 Å². The molecule has 0 unspecified atom stereocenters. The fraction of sp³-hybridized carbons (Fsp3) is 0.300. The van der Waals surface area contributed by atoms with Crippen LogP contribution in [0.4, 0.5) is 0 Å². The normalized spacial score (nSPS) is 14.7. The van der Waals surface area contributed by atoms with Crippen LogP contribution < -0.4 is 4.74 Å². The molecule has 2 heterocycles. The van der Waals surface area contributed by atoms with E-state index < -0.39 is 0 Å². The lowest BCUT2D eigenvalue weighted by molar-refractivity contribution is -0.127. The third-order valence-electron chi connectivity index (χ3n) is 4.23. The van der Waals surface area contributed by atoms with Gasteiger partial charge >= 0.3 is 0 Å². The molecule has 2 aromatic rings. The summed E-state index contributed by atoms with van der Waals surface area (Å²) in [4.78, 5) is 28.1. The standard InChI is InChI=1S/C20H22N2O4/c1-2-25-17-7-4-3-6-16(17)9-10-19(23)21-11-13-22(14-12-21)20(24)18-8-5-15-26-18/h3-10,15H,2,11-14H2,1H3/b10-9+. The van der Waals surface area contributed by atoms with Gasteiger partial charge in [0.15, 0.2) is 5.76 Å². The molecule has 26 heavy (non-hydrogen) atoms. The number of piperazine rings is 1. The molecule has 136 valence electrons. The molecule has 0 radical (unpaired) electrons. The quantitative estimate of drug-likeness (QED) is 0.775. The highest BCUT2D eigenvalue weighted by Gasteiger charge is 2.25. The Morgan fingerprint density at radius 3 is 2.50 bits per heavy atom. The van der Waals surface area contributed by atoms with E-state index in [2.05, 4.69) is 0 Å². The molecule has 0 N–H and O–H groups in total. The number of benzene rings is 1. The molecule has 1 aliphatic heterocycles. The van der Waals surface area contributed by atoms with E-state index in [4.69, 9.17) is 9.15 Å². The van der Waals surface area contributed by atoms with Gasteiger partial charge in [0.25, 0.3) is 5.91 Å². The van der Waals surface area contributed by atoms with E-state index in [0.29, 0.717) is 38.5 Å². The van der Waals surface area contributed by atoms with Gasteiger partial charge in [0, 0.05) is 37.8 Å². The Morgan fingerprint density at radius 1 is 1.08 bits per heavy atom. The Balaban J connectivity index is 1.56. The molecule has 0 aliphatic carbocycles. The summed E-state index contributed by atoms with van der Waals surface area (Å²) in [5, 5.41) is 0. The molecule has 6 nitrogen and oxygen atoms in total. The third-order valence-corrected chi connectivity index (χ3v) is 4.23. The maximum absolute atomic E-state index is 12.4. The van der Waals surface area contributed by atoms with E-state index in [1.807, 2.05) is 31.2 Å². The number of nitrogens with zero attached hydrogens (tertiary/aromatic N) is 2. The monoisotopic (exact) mass is 354 g/mol. The van der Waals surface area contributed by atoms with Crippen molar-refractivity contribution in [2.24, 2.45) is 0 Å². The van der Waals surface area contributed by atoms with Crippen LogP contribution in [0, 0.1) is 0 Å². The summed E-state index contributed by atoms with van der Waals surface area (Å²) in [5.74, 6) is 0.884. The summed E-state index contributed by atoms with van der Waals surface area (Å²) < 4.78 is 10.7. The van der Waals surface area contributed by atoms with Crippen molar-refractivity contribution < 1.29 is 18.7 Å². The first kappa shape index (κ1) is 17.8. The fourth-order valence-corrected chi connectivity index (χ4v) is 2.86. The van der Waals surface area contributed by atoms with Gasteiger partial charge < -0.3 is 19.0 Å². The predicted molar refractivity (Wildman–Crippen MR) is 97.8 cm³/mol. The minimum Gasteiger partial charge on any atom is -0.493 e. The van der Waals surface area contributed by atoms with Crippen molar-refractivity contribution in [1.82, 2.24) is 9.80 Å². The van der Waals surface area contributed by atoms with Crippen molar-refractivity contribution in [3.63, 3.8) is 0 Å². The fourth-order valence-electron chi connectivity index (χ4n) is 2.86. The van der Waals surface area contributed by atoms with Crippen LogP contribution in [0.1, 0.15) is 23.0 Å². The Bertz CT molecular complexity index is 775. The van der Waals surface area contributed by atoms with Gasteiger partial charge in [0.05, 0.1) is 12.9 Å². The number of ether oxygens (including phenoxy) is 1. The zero-order valence-corrected chi connectivity index (χ0v) is 14.8. The maximum atomic E-state index is 12.4. The molecule has 1 fully saturated rings. The Kier molecular flexibility index (Phi) is 5.73. The zero-order chi connectivity index (χ0) is 18.4. The molecular weight excluding hydrogens is 332 g/mol. The first-order valence-electron chi connectivity index (χ1n) is 8.70. The van der Waals surface area contributed by atoms with Crippen LogP contribution in [0.25, 0.3) is 6.08 Å². The van der Waals surface area contributed by atoms with E-state index in [-0.39, 0.29) is 11.8 Å². The molecule has 1 aromatic carbocycles. The van der Waals surface area contributed by atoms with E-state index in [1.54, 1.807) is 34.1 Å². The number of para-hydroxylation sites is 1. The van der Waals surface area contributed by atoms with Crippen LogP contribution in [0.15, 0.2) is 53.2 Å². The van der Waals surface area contributed by atoms with E-state index in [1.165, 1.54) is 6.26 Å². The van der Waals surface area contributed by atoms with Gasteiger partial charge in [0.1, 0.15) is 5.75 Å². The maximum Gasteiger partial charge on any atom is 0.289 e. The second-order valence-electron chi connectivity index (χ2n) is 5.90. The van der Waals surface area contributed by atoms with Crippen LogP contribution in [-0.4, -0.2) is 54.4 Å². The lowest BCUT2D eigenvalue weighted by atomic mass is 10.2. The minimum atomic E-state index is -0.136. The Labute approximate surface area is 152 Å². The first-order chi connectivity index (χ1) is 12.7. The van der Waals surface area contributed by atoms with Gasteiger partial charge in [-0.15, -0.1) is 0 Å². The van der Waals surface area contributed by atoms with Crippen LogP contribution in [0.3, 0.4) is 0 Å². The summed E-state index contributed by atoms with van der Waals surface area (Å²) in [5.41, 5.74) is 0.870. The molecule has 1 aliphatic rings. The lowest BCUT2D eigenvalue weighted by Gasteiger charge is -2.33. The number of carbonyl (C=O) groups is 2. The molecule has 2 amide bonds. The van der Waals surface area contributed by atoms with Gasteiger partial charge in [-0.05, 0) is 31.2 Å². The van der Waals surface area contributed by atoms with Crippen LogP contribution in [0.2, 0.25) is 0 Å². The summed E-state index contributed by atoms with van der Waals surface area (Å²) in [7, 11) is 0. The molecule has 6 heteroatoms. The first-order valence-corrected chi connectivity index (χ1v) is 8.70. The largest absolute Gasteiger partial charge is 0.493 e. The van der Waals surface area contributed by atoms with Crippen molar-refractivity contribution >= 4 is 17.9 Å². The Hall–Kier alpha value is -3.02. The highest BCUT2D eigenvalue weighted by atomic mass is 16.5. The average Bonchev–Trinajstić information content (AvgIpc) is 3.21. The second-order valence-corrected chi connectivity index (χ2v) is 5.90. The van der Waals surface area contributed by atoms with Crippen LogP contribution in [-0.2, 0) is 4.79 Å². The van der Waals surface area contributed by atoms with Crippen molar-refractivity contribution in [3.8, 4) is 5.75 Å². The lowest BCUT2D eigenvalue weighted by Crippen LogP contribution is -2.50. The topological polar surface area (TPSA) is 63.0 Å². The van der Waals surface area contributed by atoms with Crippen LogP contribution >= 0.6 is 0 Å². The van der Waals surface area contributed by atoms with E-state index >= 15 is 0 Å². The van der Waals surface area contributed by atoms with Gasteiger partial charge in [-0.1, -0.05) is 18.2 Å². The molecule has 0 spiro atoms. The van der Waals surface area contributed by atoms with Crippen molar-refractivity contribution in [3.05, 3.63) is 60.1 Å². The van der Waals surface area contributed by atoms with E-state index in [0.717, 1.165) is 11.3 Å². The summed E-state index contributed by atoms with van der Waals surface area (Å²) in [6, 6.07) is 10.9. The van der Waals surface area contributed by atoms with Crippen LogP contribution in [0.5, 0.6) is 5.75 Å². The third kappa shape index (κ3) is 4.14. The molecule has 0 saturated carbocycles. The number of furan rings is 1. The molecule has 1 saturated heterocycles. The molecule has 0 bridgehead atoms. The zero-order valence-electron chi connectivity index (χ0n) is 14.8. The average molecular weight is 354 g/mol. The number of amides is 2. The minimum absolute atomic E-state index is 0.0681. The van der Waals surface area contributed by atoms with E-state index in [9.17, 15) is 9.59 Å². The van der Waals surface area contributed by atoms with Gasteiger partial charge in [0.2, 0.25) is 5.91 Å². The number of rotatable bonds is 5. The molecule has 0 atom stereocenters. The smallest absolute Gasteiger partial charge is 0.289 e. The van der Waals surface area contributed by atoms with Gasteiger partial charge in [-0.25, -0.2) is 0 Å². The SMILES string of the molecule is CCOc1ccccc1/C=C/C(=O)N1CCN(C(=O)c2ccco2)CC1. The molecule has 1 aromatic heterocycles. The summed E-state index contributed by atoms with van der Waals surface area (Å²) >= 11 is 0. The molecular formula is C20H22N2O4. The van der Waals surface area contributed by atoms with Crippen molar-refractivity contribution in [1.29, 1.82) is 0 Å². The van der Waals surface area contributed by atoms with Gasteiger partial charge in [-0.3, -0.25) is 9.59 Å². The van der Waals surface area contributed by atoms with Crippen molar-refractivity contribution in [2.45, 2.75) is 6.92 Å². The van der Waals surface area contributed by atoms with Gasteiger partial charge in [-0.2, -0.15) is 0 Å². The summed E-state index contributed by atoms with van der Waals surface area (Å²) in [6.07, 6.45) is 4.81. The molecule has 3 rings (SSSR count).